The molecular weight excluding hydrogens is 266 g/mol. The van der Waals surface area contributed by atoms with Gasteiger partial charge in [0.2, 0.25) is 11.8 Å². The van der Waals surface area contributed by atoms with Crippen molar-refractivity contribution in [2.24, 2.45) is 11.5 Å². The van der Waals surface area contributed by atoms with E-state index in [1.807, 2.05) is 30.3 Å². The molecule has 0 saturated heterocycles. The lowest BCUT2D eigenvalue weighted by atomic mass is 10.1. The summed E-state index contributed by atoms with van der Waals surface area (Å²) in [6.45, 7) is 1.37. The summed E-state index contributed by atoms with van der Waals surface area (Å²) < 4.78 is 0. The van der Waals surface area contributed by atoms with E-state index in [4.69, 9.17) is 11.5 Å². The second-order valence-corrected chi connectivity index (χ2v) is 4.05. The number of hydrogen-bond acceptors (Lipinski definition) is 3. The first-order chi connectivity index (χ1) is 8.63. The lowest BCUT2D eigenvalue weighted by Crippen LogP contribution is -2.38. The number of carbonyl (C=O) groups excluding carboxylic acids is 2. The van der Waals surface area contributed by atoms with Crippen LogP contribution in [0.25, 0.3) is 0 Å². The van der Waals surface area contributed by atoms with Crippen molar-refractivity contribution in [3.05, 3.63) is 35.9 Å². The fourth-order valence-electron chi connectivity index (χ4n) is 1.69. The van der Waals surface area contributed by atoms with Gasteiger partial charge in [0.15, 0.2) is 0 Å². The Balaban J connectivity index is 0.00000324. The molecule has 1 rings (SSSR count). The Labute approximate surface area is 119 Å². The van der Waals surface area contributed by atoms with Gasteiger partial charge in [0.05, 0.1) is 0 Å². The summed E-state index contributed by atoms with van der Waals surface area (Å²) in [6.07, 6.45) is 0.486. The number of amides is 2. The van der Waals surface area contributed by atoms with E-state index in [2.05, 4.69) is 0 Å². The molecule has 1 aromatic rings. The molecule has 5 nitrogen and oxygen atoms in total. The normalized spacial score (nSPS) is 9.53. The van der Waals surface area contributed by atoms with E-state index in [1.54, 1.807) is 4.90 Å². The van der Waals surface area contributed by atoms with Crippen LogP contribution in [0.2, 0.25) is 0 Å². The average molecular weight is 286 g/mol. The van der Waals surface area contributed by atoms with Crippen LogP contribution in [0.4, 0.5) is 0 Å². The SMILES string of the molecule is Cl.NCCN(CCc1ccccc1)C(=O)CC(N)=O. The van der Waals surface area contributed by atoms with E-state index < -0.39 is 5.91 Å². The van der Waals surface area contributed by atoms with Crippen molar-refractivity contribution in [1.82, 2.24) is 4.90 Å². The van der Waals surface area contributed by atoms with Gasteiger partial charge in [-0.2, -0.15) is 0 Å². The molecule has 0 atom stereocenters. The molecule has 0 aliphatic heterocycles. The predicted octanol–water partition coefficient (Wildman–Crippen LogP) is 0.314. The summed E-state index contributed by atoms with van der Waals surface area (Å²) in [4.78, 5) is 24.1. The quantitative estimate of drug-likeness (QED) is 0.707. The van der Waals surface area contributed by atoms with Crippen molar-refractivity contribution in [3.8, 4) is 0 Å². The highest BCUT2D eigenvalue weighted by Crippen LogP contribution is 2.02. The minimum Gasteiger partial charge on any atom is -0.369 e. The minimum atomic E-state index is -0.610. The minimum absolute atomic E-state index is 0. The highest BCUT2D eigenvalue weighted by molar-refractivity contribution is 5.96. The Morgan fingerprint density at radius 2 is 1.74 bits per heavy atom. The topological polar surface area (TPSA) is 89.4 Å². The summed E-state index contributed by atoms with van der Waals surface area (Å²) in [5.41, 5.74) is 11.6. The Kier molecular flexibility index (Phi) is 8.57. The van der Waals surface area contributed by atoms with Crippen LogP contribution in [0.1, 0.15) is 12.0 Å². The molecule has 0 bridgehead atoms. The van der Waals surface area contributed by atoms with Crippen LogP contribution < -0.4 is 11.5 Å². The highest BCUT2D eigenvalue weighted by Gasteiger charge is 2.14. The third kappa shape index (κ3) is 6.79. The molecule has 0 fully saturated rings. The number of benzene rings is 1. The van der Waals surface area contributed by atoms with E-state index in [0.29, 0.717) is 19.6 Å². The Morgan fingerprint density at radius 3 is 2.26 bits per heavy atom. The first-order valence-electron chi connectivity index (χ1n) is 5.93. The van der Waals surface area contributed by atoms with Crippen LogP contribution in [0, 0.1) is 0 Å². The van der Waals surface area contributed by atoms with E-state index in [9.17, 15) is 9.59 Å². The van der Waals surface area contributed by atoms with Gasteiger partial charge in [0, 0.05) is 19.6 Å². The Hall–Kier alpha value is -1.59. The number of primary amides is 1. The van der Waals surface area contributed by atoms with Crippen molar-refractivity contribution in [3.63, 3.8) is 0 Å². The maximum Gasteiger partial charge on any atom is 0.232 e. The van der Waals surface area contributed by atoms with Gasteiger partial charge in [-0.1, -0.05) is 30.3 Å². The molecule has 0 spiro atoms. The molecule has 0 heterocycles. The zero-order valence-electron chi connectivity index (χ0n) is 10.7. The third-order valence-electron chi connectivity index (χ3n) is 2.59. The third-order valence-corrected chi connectivity index (χ3v) is 2.59. The zero-order chi connectivity index (χ0) is 13.4. The first kappa shape index (κ1) is 17.4. The molecule has 106 valence electrons. The molecule has 0 radical (unpaired) electrons. The number of halogens is 1. The molecule has 6 heteroatoms. The number of nitrogens with zero attached hydrogens (tertiary/aromatic N) is 1. The number of nitrogens with two attached hydrogens (primary N) is 2. The van der Waals surface area contributed by atoms with Gasteiger partial charge in [-0.05, 0) is 12.0 Å². The second-order valence-electron chi connectivity index (χ2n) is 4.05. The predicted molar refractivity (Wildman–Crippen MR) is 76.8 cm³/mol. The maximum absolute atomic E-state index is 11.7. The molecular formula is C13H20ClN3O2. The monoisotopic (exact) mass is 285 g/mol. The van der Waals surface area contributed by atoms with Crippen LogP contribution in [0.3, 0.4) is 0 Å². The van der Waals surface area contributed by atoms with Gasteiger partial charge < -0.3 is 16.4 Å². The van der Waals surface area contributed by atoms with Gasteiger partial charge in [0.1, 0.15) is 6.42 Å². The van der Waals surface area contributed by atoms with Gasteiger partial charge in [0.25, 0.3) is 0 Å². The molecule has 0 aliphatic carbocycles. The second kappa shape index (κ2) is 9.35. The van der Waals surface area contributed by atoms with E-state index in [1.165, 1.54) is 0 Å². The average Bonchev–Trinajstić information content (AvgIpc) is 2.34. The standard InChI is InChI=1S/C13H19N3O2.ClH/c14-7-9-16(13(18)10-12(15)17)8-6-11-4-2-1-3-5-11;/h1-5H,6-10,14H2,(H2,15,17);1H. The largest absolute Gasteiger partial charge is 0.369 e. The van der Waals surface area contributed by atoms with Crippen molar-refractivity contribution in [2.75, 3.05) is 19.6 Å². The molecule has 1 aromatic carbocycles. The first-order valence-corrected chi connectivity index (χ1v) is 5.93. The van der Waals surface area contributed by atoms with E-state index in [0.717, 1.165) is 12.0 Å². The van der Waals surface area contributed by atoms with Crippen molar-refractivity contribution in [1.29, 1.82) is 0 Å². The molecule has 19 heavy (non-hydrogen) atoms. The summed E-state index contributed by atoms with van der Waals surface area (Å²) in [7, 11) is 0. The van der Waals surface area contributed by atoms with Gasteiger partial charge in [-0.25, -0.2) is 0 Å². The summed E-state index contributed by atoms with van der Waals surface area (Å²) in [6, 6.07) is 9.85. The molecule has 4 N–H and O–H groups in total. The van der Waals surface area contributed by atoms with E-state index >= 15 is 0 Å². The van der Waals surface area contributed by atoms with Gasteiger partial charge in [-0.3, -0.25) is 9.59 Å². The lowest BCUT2D eigenvalue weighted by Gasteiger charge is -2.21. The molecule has 0 saturated carbocycles. The Bertz CT molecular complexity index is 398. The summed E-state index contributed by atoms with van der Waals surface area (Å²) in [5, 5.41) is 0. The smallest absolute Gasteiger partial charge is 0.232 e. The fraction of sp³-hybridized carbons (Fsp3) is 0.385. The number of hydrogen-bond donors (Lipinski definition) is 2. The molecule has 0 aliphatic rings. The van der Waals surface area contributed by atoms with Crippen molar-refractivity contribution >= 4 is 24.2 Å². The van der Waals surface area contributed by atoms with Crippen LogP contribution in [-0.4, -0.2) is 36.3 Å². The van der Waals surface area contributed by atoms with Crippen LogP contribution in [0.5, 0.6) is 0 Å². The molecule has 2 amide bonds. The van der Waals surface area contributed by atoms with Crippen molar-refractivity contribution in [2.45, 2.75) is 12.8 Å². The van der Waals surface area contributed by atoms with Gasteiger partial charge >= 0.3 is 0 Å². The summed E-state index contributed by atoms with van der Waals surface area (Å²) >= 11 is 0. The highest BCUT2D eigenvalue weighted by atomic mass is 35.5. The van der Waals surface area contributed by atoms with Crippen molar-refractivity contribution < 1.29 is 9.59 Å². The number of rotatable bonds is 7. The number of carbonyl (C=O) groups is 2. The molecule has 0 unspecified atom stereocenters. The van der Waals surface area contributed by atoms with Crippen LogP contribution in [-0.2, 0) is 16.0 Å². The molecule has 0 aromatic heterocycles. The Morgan fingerprint density at radius 1 is 1.11 bits per heavy atom. The van der Waals surface area contributed by atoms with Crippen LogP contribution >= 0.6 is 12.4 Å². The fourth-order valence-corrected chi connectivity index (χ4v) is 1.69. The van der Waals surface area contributed by atoms with E-state index in [-0.39, 0.29) is 24.7 Å². The summed E-state index contributed by atoms with van der Waals surface area (Å²) in [5.74, 6) is -0.870. The lowest BCUT2D eigenvalue weighted by molar-refractivity contribution is -0.135. The zero-order valence-corrected chi connectivity index (χ0v) is 11.6. The van der Waals surface area contributed by atoms with Gasteiger partial charge in [-0.15, -0.1) is 12.4 Å². The van der Waals surface area contributed by atoms with Crippen LogP contribution in [0.15, 0.2) is 30.3 Å². The maximum atomic E-state index is 11.7.